The molecule has 0 saturated carbocycles. The smallest absolute Gasteiger partial charge is 0.0737 e. The van der Waals surface area contributed by atoms with Gasteiger partial charge in [0.05, 0.1) is 5.69 Å². The fourth-order valence-electron chi connectivity index (χ4n) is 2.36. The number of likely N-dealkylation sites (N-methyl/N-ethyl adjacent to an activating group) is 1. The summed E-state index contributed by atoms with van der Waals surface area (Å²) >= 11 is 0. The number of fused-ring (bicyclic) bond motifs is 1. The third-order valence-electron chi connectivity index (χ3n) is 3.39. The lowest BCUT2D eigenvalue weighted by Crippen LogP contribution is -2.23. The fraction of sp³-hybridized carbons (Fsp3) is 0.267. The first-order valence-electron chi connectivity index (χ1n) is 6.06. The number of hydrogen-bond donors (Lipinski definition) is 0. The first-order chi connectivity index (χ1) is 8.34. The topological polar surface area (TPSA) is 16.1 Å². The molecule has 1 aliphatic rings. The maximum Gasteiger partial charge on any atom is 0.0737 e. The van der Waals surface area contributed by atoms with E-state index in [2.05, 4.69) is 53.3 Å². The zero-order chi connectivity index (χ0) is 11.7. The molecule has 0 N–H and O–H groups in total. The van der Waals surface area contributed by atoms with Gasteiger partial charge >= 0.3 is 0 Å². The summed E-state index contributed by atoms with van der Waals surface area (Å²) in [5.74, 6) is 0. The molecule has 0 saturated heterocycles. The van der Waals surface area contributed by atoms with Crippen LogP contribution in [0.1, 0.15) is 12.1 Å². The van der Waals surface area contributed by atoms with E-state index in [4.69, 9.17) is 0 Å². The number of halogens is 2. The van der Waals surface area contributed by atoms with Crippen LogP contribution in [-0.2, 0) is 0 Å². The molecule has 2 aromatic rings. The Balaban J connectivity index is 0.000000902. The van der Waals surface area contributed by atoms with Gasteiger partial charge in [0.25, 0.3) is 0 Å². The molecule has 1 aromatic heterocycles. The van der Waals surface area contributed by atoms with Crippen molar-refractivity contribution in [2.24, 2.45) is 0 Å². The van der Waals surface area contributed by atoms with E-state index in [1.165, 1.54) is 16.3 Å². The van der Waals surface area contributed by atoms with Crippen LogP contribution in [0.5, 0.6) is 0 Å². The third kappa shape index (κ3) is 3.27. The number of pyridine rings is 1. The minimum Gasteiger partial charge on any atom is -0.302 e. The molecule has 19 heavy (non-hydrogen) atoms. The van der Waals surface area contributed by atoms with Crippen molar-refractivity contribution >= 4 is 41.2 Å². The van der Waals surface area contributed by atoms with Crippen LogP contribution in [0, 0.1) is 0 Å². The van der Waals surface area contributed by atoms with E-state index in [0.717, 1.165) is 25.2 Å². The predicted octanol–water partition coefficient (Wildman–Crippen LogP) is 3.80. The van der Waals surface area contributed by atoms with Gasteiger partial charge in [0.2, 0.25) is 0 Å². The summed E-state index contributed by atoms with van der Waals surface area (Å²) in [5.41, 5.74) is 2.55. The Morgan fingerprint density at radius 1 is 1.11 bits per heavy atom. The highest BCUT2D eigenvalue weighted by Crippen LogP contribution is 2.26. The molecule has 1 aromatic carbocycles. The molecular formula is C15H18Cl2N2. The zero-order valence-electron chi connectivity index (χ0n) is 10.9. The van der Waals surface area contributed by atoms with E-state index in [1.807, 2.05) is 6.20 Å². The minimum absolute atomic E-state index is 0. The lowest BCUT2D eigenvalue weighted by Gasteiger charge is -2.22. The molecule has 0 spiro atoms. The van der Waals surface area contributed by atoms with Crippen molar-refractivity contribution in [1.82, 2.24) is 9.88 Å². The Morgan fingerprint density at radius 3 is 2.63 bits per heavy atom. The van der Waals surface area contributed by atoms with Crippen LogP contribution in [0.2, 0.25) is 0 Å². The summed E-state index contributed by atoms with van der Waals surface area (Å²) in [6.45, 7) is 2.15. The van der Waals surface area contributed by atoms with Gasteiger partial charge < -0.3 is 4.90 Å². The summed E-state index contributed by atoms with van der Waals surface area (Å²) in [6.07, 6.45) is 5.31. The van der Waals surface area contributed by atoms with Gasteiger partial charge in [-0.1, -0.05) is 30.3 Å². The number of benzene rings is 1. The predicted molar refractivity (Wildman–Crippen MR) is 86.3 cm³/mol. The number of hydrogen-bond acceptors (Lipinski definition) is 2. The highest BCUT2D eigenvalue weighted by molar-refractivity contribution is 5.92. The highest BCUT2D eigenvalue weighted by Gasteiger charge is 2.12. The van der Waals surface area contributed by atoms with E-state index in [1.54, 1.807) is 0 Å². The van der Waals surface area contributed by atoms with Crippen LogP contribution in [0.4, 0.5) is 0 Å². The Kier molecular flexibility index (Phi) is 5.80. The molecule has 0 fully saturated rings. The molecule has 0 aliphatic carbocycles. The lowest BCUT2D eigenvalue weighted by atomic mass is 9.99. The van der Waals surface area contributed by atoms with Crippen LogP contribution in [0.3, 0.4) is 0 Å². The van der Waals surface area contributed by atoms with Gasteiger partial charge in [-0.15, -0.1) is 24.8 Å². The second-order valence-electron chi connectivity index (χ2n) is 4.62. The average Bonchev–Trinajstić information content (AvgIpc) is 2.39. The summed E-state index contributed by atoms with van der Waals surface area (Å²) in [7, 11) is 2.16. The van der Waals surface area contributed by atoms with Gasteiger partial charge in [-0.05, 0) is 30.5 Å². The van der Waals surface area contributed by atoms with E-state index in [9.17, 15) is 0 Å². The Labute approximate surface area is 126 Å². The highest BCUT2D eigenvalue weighted by atomic mass is 35.5. The summed E-state index contributed by atoms with van der Waals surface area (Å²) in [4.78, 5) is 6.90. The van der Waals surface area contributed by atoms with Crippen molar-refractivity contribution in [2.45, 2.75) is 6.42 Å². The maximum atomic E-state index is 4.57. The largest absolute Gasteiger partial charge is 0.302 e. The van der Waals surface area contributed by atoms with Crippen LogP contribution < -0.4 is 0 Å². The standard InChI is InChI=1S/C15H16N2.2ClH/c1-17-10-7-13(8-11-17)15-14-5-3-2-4-12(14)6-9-16-15;;/h2-7,9H,8,10-11H2,1H3;2*1H. The monoisotopic (exact) mass is 296 g/mol. The molecule has 3 rings (SSSR count). The van der Waals surface area contributed by atoms with Gasteiger partial charge in [-0.2, -0.15) is 0 Å². The second kappa shape index (κ2) is 6.90. The number of aromatic nitrogens is 1. The zero-order valence-corrected chi connectivity index (χ0v) is 12.5. The molecule has 0 unspecified atom stereocenters. The van der Waals surface area contributed by atoms with Gasteiger partial charge in [0.1, 0.15) is 0 Å². The van der Waals surface area contributed by atoms with E-state index in [0.29, 0.717) is 0 Å². The van der Waals surface area contributed by atoms with Crippen molar-refractivity contribution < 1.29 is 0 Å². The molecule has 0 bridgehead atoms. The summed E-state index contributed by atoms with van der Waals surface area (Å²) in [6, 6.07) is 10.6. The number of rotatable bonds is 1. The van der Waals surface area contributed by atoms with Gasteiger partial charge in [0, 0.05) is 24.7 Å². The molecule has 2 heterocycles. The lowest BCUT2D eigenvalue weighted by molar-refractivity contribution is 0.370. The van der Waals surface area contributed by atoms with Crippen LogP contribution in [0.25, 0.3) is 16.3 Å². The normalized spacial score (nSPS) is 15.3. The van der Waals surface area contributed by atoms with E-state index >= 15 is 0 Å². The van der Waals surface area contributed by atoms with Gasteiger partial charge in [0.15, 0.2) is 0 Å². The average molecular weight is 297 g/mol. The quantitative estimate of drug-likeness (QED) is 0.796. The fourth-order valence-corrected chi connectivity index (χ4v) is 2.36. The van der Waals surface area contributed by atoms with Crippen molar-refractivity contribution in [3.05, 3.63) is 48.3 Å². The van der Waals surface area contributed by atoms with Gasteiger partial charge in [-0.25, -0.2) is 0 Å². The first-order valence-corrected chi connectivity index (χ1v) is 6.06. The molecule has 2 nitrogen and oxygen atoms in total. The molecule has 0 amide bonds. The molecule has 1 aliphatic heterocycles. The molecule has 4 heteroatoms. The number of nitrogens with zero attached hydrogens (tertiary/aromatic N) is 2. The SMILES string of the molecule is CN1CC=C(c2nccc3ccccc23)CC1.Cl.Cl. The third-order valence-corrected chi connectivity index (χ3v) is 3.39. The molecule has 0 atom stereocenters. The maximum absolute atomic E-state index is 4.57. The van der Waals surface area contributed by atoms with Crippen molar-refractivity contribution in [2.75, 3.05) is 20.1 Å². The Hall–Kier alpha value is -1.09. The molecular weight excluding hydrogens is 279 g/mol. The summed E-state index contributed by atoms with van der Waals surface area (Å²) in [5, 5.41) is 2.54. The van der Waals surface area contributed by atoms with Crippen LogP contribution in [-0.4, -0.2) is 30.0 Å². The van der Waals surface area contributed by atoms with Crippen LogP contribution >= 0.6 is 24.8 Å². The molecule has 0 radical (unpaired) electrons. The second-order valence-corrected chi connectivity index (χ2v) is 4.62. The van der Waals surface area contributed by atoms with E-state index < -0.39 is 0 Å². The van der Waals surface area contributed by atoms with Crippen LogP contribution in [0.15, 0.2) is 42.6 Å². The first kappa shape index (κ1) is 16.0. The van der Waals surface area contributed by atoms with E-state index in [-0.39, 0.29) is 24.8 Å². The molecule has 102 valence electrons. The Bertz CT molecular complexity index is 576. The summed E-state index contributed by atoms with van der Waals surface area (Å²) < 4.78 is 0. The van der Waals surface area contributed by atoms with Crippen molar-refractivity contribution in [3.8, 4) is 0 Å². The van der Waals surface area contributed by atoms with Crippen molar-refractivity contribution in [3.63, 3.8) is 0 Å². The van der Waals surface area contributed by atoms with Crippen molar-refractivity contribution in [1.29, 1.82) is 0 Å². The minimum atomic E-state index is 0. The van der Waals surface area contributed by atoms with Gasteiger partial charge in [-0.3, -0.25) is 4.98 Å². The Morgan fingerprint density at radius 2 is 1.89 bits per heavy atom.